The Balaban J connectivity index is 1.96. The van der Waals surface area contributed by atoms with E-state index >= 15 is 0 Å². The molecule has 1 saturated carbocycles. The van der Waals surface area contributed by atoms with Crippen molar-refractivity contribution in [3.8, 4) is 0 Å². The van der Waals surface area contributed by atoms with Crippen LogP contribution in [0.1, 0.15) is 32.1 Å². The van der Waals surface area contributed by atoms with Crippen LogP contribution in [-0.2, 0) is 4.79 Å². The predicted molar refractivity (Wildman–Crippen MR) is 79.9 cm³/mol. The van der Waals surface area contributed by atoms with Crippen LogP contribution in [0.4, 0.5) is 16.2 Å². The van der Waals surface area contributed by atoms with Crippen LogP contribution in [0.15, 0.2) is 18.2 Å². The Morgan fingerprint density at radius 2 is 1.91 bits per heavy atom. The first-order chi connectivity index (χ1) is 10.4. The molecule has 8 heteroatoms. The summed E-state index contributed by atoms with van der Waals surface area (Å²) in [6, 6.07) is 3.18. The molecule has 3 rings (SSSR count). The third-order valence-corrected chi connectivity index (χ3v) is 4.55. The molecule has 1 aliphatic carbocycles. The van der Waals surface area contributed by atoms with Crippen molar-refractivity contribution in [1.82, 2.24) is 5.32 Å². The second-order valence-electron chi connectivity index (χ2n) is 5.61. The monoisotopic (exact) mass is 323 g/mol. The summed E-state index contributed by atoms with van der Waals surface area (Å²) < 4.78 is 0. The lowest BCUT2D eigenvalue weighted by Gasteiger charge is -2.30. The number of imide groups is 1. The second-order valence-corrected chi connectivity index (χ2v) is 6.01. The first-order valence-electron chi connectivity index (χ1n) is 7.05. The zero-order valence-corrected chi connectivity index (χ0v) is 12.4. The first-order valence-corrected chi connectivity index (χ1v) is 7.43. The van der Waals surface area contributed by atoms with Crippen molar-refractivity contribution in [2.45, 2.75) is 37.6 Å². The van der Waals surface area contributed by atoms with Gasteiger partial charge in [-0.2, -0.15) is 0 Å². The minimum absolute atomic E-state index is 0.00515. The number of benzene rings is 1. The van der Waals surface area contributed by atoms with Crippen LogP contribution >= 0.6 is 11.6 Å². The number of rotatable bonds is 2. The van der Waals surface area contributed by atoms with Crippen LogP contribution < -0.4 is 10.2 Å². The smallest absolute Gasteiger partial charge is 0.323 e. The molecule has 7 nitrogen and oxygen atoms in total. The molecule has 2 aliphatic rings. The van der Waals surface area contributed by atoms with Crippen molar-refractivity contribution < 1.29 is 14.5 Å². The average molecular weight is 324 g/mol. The Morgan fingerprint density at radius 3 is 2.50 bits per heavy atom. The van der Waals surface area contributed by atoms with Gasteiger partial charge >= 0.3 is 6.03 Å². The van der Waals surface area contributed by atoms with Crippen molar-refractivity contribution in [2.24, 2.45) is 0 Å². The molecule has 1 aromatic carbocycles. The van der Waals surface area contributed by atoms with Crippen molar-refractivity contribution in [3.05, 3.63) is 33.3 Å². The predicted octanol–water partition coefficient (Wildman–Crippen LogP) is 3.01. The number of amides is 3. The number of halogens is 1. The van der Waals surface area contributed by atoms with E-state index in [0.29, 0.717) is 12.8 Å². The summed E-state index contributed by atoms with van der Waals surface area (Å²) >= 11 is 6.03. The first kappa shape index (κ1) is 14.8. The van der Waals surface area contributed by atoms with Crippen molar-refractivity contribution in [2.75, 3.05) is 4.90 Å². The molecule has 0 unspecified atom stereocenters. The van der Waals surface area contributed by atoms with E-state index in [1.54, 1.807) is 0 Å². The second kappa shape index (κ2) is 5.24. The quantitative estimate of drug-likeness (QED) is 0.514. The highest BCUT2D eigenvalue weighted by Crippen LogP contribution is 2.38. The van der Waals surface area contributed by atoms with Crippen LogP contribution in [0, 0.1) is 10.1 Å². The van der Waals surface area contributed by atoms with Gasteiger partial charge in [0.05, 0.1) is 15.6 Å². The molecule has 0 bridgehead atoms. The minimum atomic E-state index is -0.847. The Labute approximate surface area is 131 Å². The summed E-state index contributed by atoms with van der Waals surface area (Å²) in [5, 5.41) is 13.5. The highest BCUT2D eigenvalue weighted by molar-refractivity contribution is 6.36. The number of nitrogens with one attached hydrogen (secondary N) is 1. The number of carbonyl (C=O) groups excluding carboxylic acids is 2. The fraction of sp³-hybridized carbons (Fsp3) is 0.429. The van der Waals surface area contributed by atoms with Gasteiger partial charge in [0.25, 0.3) is 11.6 Å². The van der Waals surface area contributed by atoms with Gasteiger partial charge in [0.1, 0.15) is 5.54 Å². The largest absolute Gasteiger partial charge is 0.329 e. The van der Waals surface area contributed by atoms with E-state index in [-0.39, 0.29) is 22.3 Å². The van der Waals surface area contributed by atoms with Gasteiger partial charge in [0.2, 0.25) is 0 Å². The molecule has 1 aromatic rings. The Bertz CT molecular complexity index is 670. The maximum atomic E-state index is 12.7. The Hall–Kier alpha value is -2.15. The number of anilines is 1. The molecule has 22 heavy (non-hydrogen) atoms. The number of hydrogen-bond donors (Lipinski definition) is 1. The summed E-state index contributed by atoms with van der Waals surface area (Å²) in [5.41, 5.74) is -0.856. The van der Waals surface area contributed by atoms with E-state index in [0.717, 1.165) is 30.2 Å². The molecular formula is C14H14ClN3O4. The topological polar surface area (TPSA) is 92.6 Å². The van der Waals surface area contributed by atoms with E-state index in [1.165, 1.54) is 12.1 Å². The van der Waals surface area contributed by atoms with Crippen LogP contribution in [0.2, 0.25) is 5.02 Å². The highest BCUT2D eigenvalue weighted by Gasteiger charge is 2.52. The molecule has 2 fully saturated rings. The highest BCUT2D eigenvalue weighted by atomic mass is 35.5. The third kappa shape index (κ3) is 2.21. The SMILES string of the molecule is O=C1NC2(CCCCC2)C(=O)N1c1ccc([N+](=O)[O-])cc1Cl. The van der Waals surface area contributed by atoms with Crippen LogP contribution in [-0.4, -0.2) is 22.4 Å². The fourth-order valence-electron chi connectivity index (χ4n) is 3.12. The lowest BCUT2D eigenvalue weighted by atomic mass is 9.82. The van der Waals surface area contributed by atoms with Gasteiger partial charge in [0, 0.05) is 12.1 Å². The number of urea groups is 1. The molecule has 1 heterocycles. The molecule has 1 spiro atoms. The standard InChI is InChI=1S/C14H14ClN3O4/c15-10-8-9(18(21)22)4-5-11(10)17-12(19)14(16-13(17)20)6-2-1-3-7-14/h4-5,8H,1-3,6-7H2,(H,16,20). The Morgan fingerprint density at radius 1 is 1.23 bits per heavy atom. The lowest BCUT2D eigenvalue weighted by Crippen LogP contribution is -2.48. The van der Waals surface area contributed by atoms with Crippen LogP contribution in [0.3, 0.4) is 0 Å². The molecule has 3 amide bonds. The van der Waals surface area contributed by atoms with E-state index in [2.05, 4.69) is 5.32 Å². The minimum Gasteiger partial charge on any atom is -0.323 e. The number of carbonyl (C=O) groups is 2. The zero-order chi connectivity index (χ0) is 15.9. The summed E-state index contributed by atoms with van der Waals surface area (Å²) in [4.78, 5) is 36.1. The number of nitro groups is 1. The molecule has 1 saturated heterocycles. The van der Waals surface area contributed by atoms with Gasteiger partial charge in [-0.3, -0.25) is 14.9 Å². The van der Waals surface area contributed by atoms with Crippen molar-refractivity contribution >= 4 is 34.9 Å². The molecular weight excluding hydrogens is 310 g/mol. The van der Waals surface area contributed by atoms with Gasteiger partial charge in [-0.1, -0.05) is 30.9 Å². The molecule has 116 valence electrons. The van der Waals surface area contributed by atoms with E-state index < -0.39 is 16.5 Å². The summed E-state index contributed by atoms with van der Waals surface area (Å²) in [6.07, 6.45) is 4.03. The fourth-order valence-corrected chi connectivity index (χ4v) is 3.38. The number of nitrogens with zero attached hydrogens (tertiary/aromatic N) is 2. The van der Waals surface area contributed by atoms with Gasteiger partial charge in [-0.15, -0.1) is 0 Å². The average Bonchev–Trinajstić information content (AvgIpc) is 2.71. The van der Waals surface area contributed by atoms with E-state index in [4.69, 9.17) is 11.6 Å². The van der Waals surface area contributed by atoms with E-state index in [9.17, 15) is 19.7 Å². The molecule has 1 aliphatic heterocycles. The van der Waals surface area contributed by atoms with Gasteiger partial charge in [-0.25, -0.2) is 9.69 Å². The van der Waals surface area contributed by atoms with E-state index in [1.807, 2.05) is 0 Å². The summed E-state index contributed by atoms with van der Waals surface area (Å²) in [6.45, 7) is 0. The summed E-state index contributed by atoms with van der Waals surface area (Å²) in [7, 11) is 0. The van der Waals surface area contributed by atoms with Crippen molar-refractivity contribution in [3.63, 3.8) is 0 Å². The maximum Gasteiger partial charge on any atom is 0.329 e. The molecule has 0 atom stereocenters. The molecule has 0 radical (unpaired) electrons. The lowest BCUT2D eigenvalue weighted by molar-refractivity contribution is -0.384. The number of hydrogen-bond acceptors (Lipinski definition) is 4. The zero-order valence-electron chi connectivity index (χ0n) is 11.7. The third-order valence-electron chi connectivity index (χ3n) is 4.25. The van der Waals surface area contributed by atoms with Gasteiger partial charge in [0.15, 0.2) is 0 Å². The number of non-ortho nitro benzene ring substituents is 1. The molecule has 0 aromatic heterocycles. The van der Waals surface area contributed by atoms with Crippen LogP contribution in [0.5, 0.6) is 0 Å². The number of nitro benzene ring substituents is 1. The van der Waals surface area contributed by atoms with Gasteiger partial charge in [-0.05, 0) is 18.9 Å². The van der Waals surface area contributed by atoms with Gasteiger partial charge < -0.3 is 5.32 Å². The maximum absolute atomic E-state index is 12.7. The Kier molecular flexibility index (Phi) is 3.52. The van der Waals surface area contributed by atoms with Crippen LogP contribution in [0.25, 0.3) is 0 Å². The normalized spacial score (nSPS) is 20.3. The van der Waals surface area contributed by atoms with Crippen molar-refractivity contribution in [1.29, 1.82) is 0 Å². The molecule has 1 N–H and O–H groups in total. The summed E-state index contributed by atoms with van der Waals surface area (Å²) in [5.74, 6) is -0.326.